The van der Waals surface area contributed by atoms with Crippen LogP contribution in [0.15, 0.2) is 35.3 Å². The molecule has 0 aliphatic carbocycles. The van der Waals surface area contributed by atoms with Crippen LogP contribution in [0.25, 0.3) is 5.69 Å². The summed E-state index contributed by atoms with van der Waals surface area (Å²) in [5.41, 5.74) is 4.11. The maximum atomic E-state index is 11.9. The summed E-state index contributed by atoms with van der Waals surface area (Å²) in [4.78, 5) is 16.5. The highest BCUT2D eigenvalue weighted by molar-refractivity contribution is 5.86. The van der Waals surface area contributed by atoms with Crippen LogP contribution in [0.5, 0.6) is 0 Å². The minimum Gasteiger partial charge on any atom is -0.383 e. The van der Waals surface area contributed by atoms with E-state index in [2.05, 4.69) is 26.0 Å². The summed E-state index contributed by atoms with van der Waals surface area (Å²) in [5, 5.41) is 13.6. The number of carbonyl (C=O) groups excluding carboxylic acids is 1. The van der Waals surface area contributed by atoms with Crippen molar-refractivity contribution >= 4 is 11.9 Å². The molecule has 1 heterocycles. The molecule has 0 bridgehead atoms. The largest absolute Gasteiger partial charge is 0.383 e. The average molecular weight is 387 g/mol. The zero-order chi connectivity index (χ0) is 20.4. The van der Waals surface area contributed by atoms with Crippen molar-refractivity contribution in [3.05, 3.63) is 47.3 Å². The lowest BCUT2D eigenvalue weighted by Gasteiger charge is -2.13. The van der Waals surface area contributed by atoms with E-state index < -0.39 is 0 Å². The number of aromatic nitrogens is 2. The molecule has 3 N–H and O–H groups in total. The second-order valence-corrected chi connectivity index (χ2v) is 6.36. The van der Waals surface area contributed by atoms with Gasteiger partial charge in [-0.05, 0) is 38.5 Å². The number of hydrogen-bond acceptors (Lipinski definition) is 4. The molecule has 152 valence electrons. The number of hydrogen-bond donors (Lipinski definition) is 3. The maximum absolute atomic E-state index is 11.9. The van der Waals surface area contributed by atoms with Crippen LogP contribution in [0.4, 0.5) is 0 Å². The summed E-state index contributed by atoms with van der Waals surface area (Å²) in [7, 11) is 1.60. The van der Waals surface area contributed by atoms with Gasteiger partial charge in [0.15, 0.2) is 5.96 Å². The number of ether oxygens (including phenoxy) is 1. The van der Waals surface area contributed by atoms with Gasteiger partial charge >= 0.3 is 0 Å². The lowest BCUT2D eigenvalue weighted by Crippen LogP contribution is -2.43. The second-order valence-electron chi connectivity index (χ2n) is 6.36. The summed E-state index contributed by atoms with van der Waals surface area (Å²) in [5.74, 6) is 0.484. The Kier molecular flexibility index (Phi) is 8.48. The Bertz CT molecular complexity index is 800. The van der Waals surface area contributed by atoms with Gasteiger partial charge in [-0.3, -0.25) is 4.79 Å². The molecule has 1 aromatic carbocycles. The first-order chi connectivity index (χ1) is 13.5. The Morgan fingerprint density at radius 2 is 2.00 bits per heavy atom. The maximum Gasteiger partial charge on any atom is 0.239 e. The fourth-order valence-electron chi connectivity index (χ4n) is 2.75. The fourth-order valence-corrected chi connectivity index (χ4v) is 2.75. The van der Waals surface area contributed by atoms with Crippen LogP contribution in [-0.2, 0) is 16.1 Å². The summed E-state index contributed by atoms with van der Waals surface area (Å²) >= 11 is 0. The molecule has 8 nitrogen and oxygen atoms in total. The molecule has 0 unspecified atom stereocenters. The molecule has 28 heavy (non-hydrogen) atoms. The smallest absolute Gasteiger partial charge is 0.239 e. The Hall–Kier alpha value is -2.87. The van der Waals surface area contributed by atoms with Crippen molar-refractivity contribution in [2.24, 2.45) is 4.99 Å². The van der Waals surface area contributed by atoms with E-state index in [0.29, 0.717) is 32.2 Å². The van der Waals surface area contributed by atoms with Crippen molar-refractivity contribution < 1.29 is 9.53 Å². The topological polar surface area (TPSA) is 92.6 Å². The SMILES string of the molecule is CCNC(=NCc1ccccc1-n1nc(C)cc1C)NCC(=O)NCCOC. The quantitative estimate of drug-likeness (QED) is 0.343. The normalized spacial score (nSPS) is 11.4. The van der Waals surface area contributed by atoms with Gasteiger partial charge in [-0.1, -0.05) is 18.2 Å². The van der Waals surface area contributed by atoms with Gasteiger partial charge in [0.2, 0.25) is 5.91 Å². The van der Waals surface area contributed by atoms with E-state index >= 15 is 0 Å². The van der Waals surface area contributed by atoms with E-state index in [-0.39, 0.29) is 12.5 Å². The number of rotatable bonds is 9. The van der Waals surface area contributed by atoms with Crippen molar-refractivity contribution in [2.45, 2.75) is 27.3 Å². The molecule has 0 aliphatic rings. The summed E-state index contributed by atoms with van der Waals surface area (Å²) in [6, 6.07) is 10.1. The zero-order valence-electron chi connectivity index (χ0n) is 17.1. The van der Waals surface area contributed by atoms with Crippen LogP contribution in [0.3, 0.4) is 0 Å². The molecule has 0 atom stereocenters. The summed E-state index contributed by atoms with van der Waals surface area (Å²) in [6.07, 6.45) is 0. The van der Waals surface area contributed by atoms with Crippen molar-refractivity contribution in [1.29, 1.82) is 0 Å². The summed E-state index contributed by atoms with van der Waals surface area (Å²) in [6.45, 7) is 8.30. The number of nitrogens with one attached hydrogen (secondary N) is 3. The van der Waals surface area contributed by atoms with Crippen molar-refractivity contribution in [2.75, 3.05) is 33.4 Å². The van der Waals surface area contributed by atoms with Crippen LogP contribution in [0.2, 0.25) is 0 Å². The van der Waals surface area contributed by atoms with Crippen molar-refractivity contribution in [1.82, 2.24) is 25.7 Å². The van der Waals surface area contributed by atoms with Gasteiger partial charge in [-0.25, -0.2) is 9.67 Å². The van der Waals surface area contributed by atoms with Gasteiger partial charge in [0.1, 0.15) is 0 Å². The van der Waals surface area contributed by atoms with Gasteiger partial charge in [0, 0.05) is 25.9 Å². The predicted octanol–water partition coefficient (Wildman–Crippen LogP) is 1.31. The highest BCUT2D eigenvalue weighted by Crippen LogP contribution is 2.17. The van der Waals surface area contributed by atoms with Crippen LogP contribution in [0, 0.1) is 13.8 Å². The molecular formula is C20H30N6O2. The zero-order valence-corrected chi connectivity index (χ0v) is 17.1. The third-order valence-electron chi connectivity index (χ3n) is 4.03. The Morgan fingerprint density at radius 1 is 1.21 bits per heavy atom. The third-order valence-corrected chi connectivity index (χ3v) is 4.03. The lowest BCUT2D eigenvalue weighted by molar-refractivity contribution is -0.120. The van der Waals surface area contributed by atoms with Gasteiger partial charge in [0.05, 0.1) is 31.1 Å². The van der Waals surface area contributed by atoms with E-state index in [1.807, 2.05) is 55.8 Å². The first-order valence-corrected chi connectivity index (χ1v) is 9.44. The molecule has 8 heteroatoms. The molecule has 0 aliphatic heterocycles. The average Bonchev–Trinajstić information content (AvgIpc) is 3.02. The van der Waals surface area contributed by atoms with Crippen LogP contribution in [-0.4, -0.2) is 55.0 Å². The molecule has 1 amide bonds. The number of aliphatic imine (C=N–C) groups is 1. The highest BCUT2D eigenvalue weighted by Gasteiger charge is 2.09. The molecule has 0 radical (unpaired) electrons. The Balaban J connectivity index is 2.07. The first-order valence-electron chi connectivity index (χ1n) is 9.44. The van der Waals surface area contributed by atoms with Crippen LogP contribution >= 0.6 is 0 Å². The van der Waals surface area contributed by atoms with E-state index in [9.17, 15) is 4.79 Å². The van der Waals surface area contributed by atoms with E-state index in [1.165, 1.54) is 0 Å². The molecule has 0 saturated heterocycles. The van der Waals surface area contributed by atoms with Gasteiger partial charge in [-0.15, -0.1) is 0 Å². The van der Waals surface area contributed by atoms with E-state index in [1.54, 1.807) is 7.11 Å². The number of amides is 1. The predicted molar refractivity (Wildman–Crippen MR) is 111 cm³/mol. The van der Waals surface area contributed by atoms with Gasteiger partial charge < -0.3 is 20.7 Å². The number of methoxy groups -OCH3 is 1. The third kappa shape index (κ3) is 6.38. The number of carbonyl (C=O) groups is 1. The van der Waals surface area contributed by atoms with Crippen molar-refractivity contribution in [3.63, 3.8) is 0 Å². The number of para-hydroxylation sites is 1. The Labute approximate surface area is 166 Å². The molecular weight excluding hydrogens is 356 g/mol. The fraction of sp³-hybridized carbons (Fsp3) is 0.450. The summed E-state index contributed by atoms with van der Waals surface area (Å²) < 4.78 is 6.86. The standard InChI is InChI=1S/C20H30N6O2/c1-5-21-20(24-14-19(27)22-10-11-28-4)23-13-17-8-6-7-9-18(17)26-16(3)12-15(2)25-26/h6-9,12H,5,10-11,13-14H2,1-4H3,(H,22,27)(H2,21,23,24). The molecule has 0 spiro atoms. The van der Waals surface area contributed by atoms with Gasteiger partial charge in [-0.2, -0.15) is 5.10 Å². The number of benzene rings is 1. The van der Waals surface area contributed by atoms with Gasteiger partial charge in [0.25, 0.3) is 0 Å². The minimum absolute atomic E-state index is 0.106. The molecule has 2 aromatic rings. The number of nitrogens with zero attached hydrogens (tertiary/aromatic N) is 3. The lowest BCUT2D eigenvalue weighted by atomic mass is 10.2. The number of aryl methyl sites for hydroxylation is 2. The van der Waals surface area contributed by atoms with Crippen LogP contribution < -0.4 is 16.0 Å². The molecule has 0 saturated carbocycles. The van der Waals surface area contributed by atoms with Crippen molar-refractivity contribution in [3.8, 4) is 5.69 Å². The molecule has 1 aromatic heterocycles. The number of guanidine groups is 1. The second kappa shape index (κ2) is 11.1. The Morgan fingerprint density at radius 3 is 2.68 bits per heavy atom. The minimum atomic E-state index is -0.106. The van der Waals surface area contributed by atoms with E-state index in [0.717, 1.165) is 22.6 Å². The van der Waals surface area contributed by atoms with Crippen LogP contribution in [0.1, 0.15) is 23.9 Å². The first kappa shape index (κ1) is 21.4. The monoisotopic (exact) mass is 386 g/mol. The molecule has 0 fully saturated rings. The van der Waals surface area contributed by atoms with E-state index in [4.69, 9.17) is 4.74 Å². The molecule has 2 rings (SSSR count). The highest BCUT2D eigenvalue weighted by atomic mass is 16.5.